The van der Waals surface area contributed by atoms with E-state index in [2.05, 4.69) is 5.32 Å². The van der Waals surface area contributed by atoms with E-state index in [1.807, 2.05) is 18.2 Å². The van der Waals surface area contributed by atoms with Crippen LogP contribution >= 0.6 is 11.6 Å². The van der Waals surface area contributed by atoms with E-state index < -0.39 is 5.63 Å². The Labute approximate surface area is 198 Å². The van der Waals surface area contributed by atoms with Gasteiger partial charge in [-0.1, -0.05) is 35.9 Å². The number of nitrogens with one attached hydrogen (secondary N) is 1. The van der Waals surface area contributed by atoms with Gasteiger partial charge in [-0.2, -0.15) is 0 Å². The summed E-state index contributed by atoms with van der Waals surface area (Å²) in [6.07, 6.45) is 1.49. The van der Waals surface area contributed by atoms with Crippen molar-refractivity contribution < 1.29 is 18.0 Å². The number of aryl methyl sites for hydroxylation is 1. The van der Waals surface area contributed by atoms with Crippen LogP contribution in [0, 0.1) is 12.7 Å². The zero-order chi connectivity index (χ0) is 23.8. The van der Waals surface area contributed by atoms with Gasteiger partial charge in [0.05, 0.1) is 18.2 Å². The van der Waals surface area contributed by atoms with Gasteiger partial charge in [-0.05, 0) is 53.9 Å². The zero-order valence-corrected chi connectivity index (χ0v) is 18.9. The lowest BCUT2D eigenvalue weighted by Crippen LogP contribution is -2.27. The van der Waals surface area contributed by atoms with E-state index in [0.29, 0.717) is 39.2 Å². The number of hydrogen-bond acceptors (Lipinski definition) is 4. The number of fused-ring (bicyclic) bond motifs is 2. The fourth-order valence-electron chi connectivity index (χ4n) is 3.99. The smallest absolute Gasteiger partial charge is 0.340 e. The van der Waals surface area contributed by atoms with Gasteiger partial charge in [-0.15, -0.1) is 0 Å². The molecule has 170 valence electrons. The first-order valence-corrected chi connectivity index (χ1v) is 11.0. The molecule has 3 aromatic carbocycles. The van der Waals surface area contributed by atoms with E-state index in [1.54, 1.807) is 43.5 Å². The molecular weight excluding hydrogens is 457 g/mol. The van der Waals surface area contributed by atoms with Crippen molar-refractivity contribution in [2.45, 2.75) is 19.9 Å². The van der Waals surface area contributed by atoms with Crippen LogP contribution in [0.25, 0.3) is 33.1 Å². The molecule has 0 atom stereocenters. The standard InChI is InChI=1S/C27H19ClFNO4/c1-15-20-10-22-23(17-4-8-19(29)9-5-17)14-33-24(22)12-25(20)34-27(32)21(15)11-26(31)30-13-16-2-6-18(28)7-3-16/h2-10,12,14H,11,13H2,1H3,(H,30,31). The van der Waals surface area contributed by atoms with Crippen LogP contribution < -0.4 is 10.9 Å². The third-order valence-electron chi connectivity index (χ3n) is 5.88. The van der Waals surface area contributed by atoms with Crippen molar-refractivity contribution in [1.29, 1.82) is 0 Å². The third kappa shape index (κ3) is 4.20. The molecule has 0 spiro atoms. The molecule has 0 aliphatic carbocycles. The van der Waals surface area contributed by atoms with Crippen LogP contribution in [0.2, 0.25) is 5.02 Å². The normalized spacial score (nSPS) is 11.3. The number of furan rings is 1. The summed E-state index contributed by atoms with van der Waals surface area (Å²) in [4.78, 5) is 25.2. The van der Waals surface area contributed by atoms with Crippen LogP contribution in [-0.2, 0) is 17.8 Å². The molecule has 34 heavy (non-hydrogen) atoms. The number of rotatable bonds is 5. The van der Waals surface area contributed by atoms with Gasteiger partial charge in [0.1, 0.15) is 17.0 Å². The second-order valence-electron chi connectivity index (χ2n) is 8.07. The van der Waals surface area contributed by atoms with E-state index >= 15 is 0 Å². The van der Waals surface area contributed by atoms with Crippen LogP contribution in [-0.4, -0.2) is 5.91 Å². The van der Waals surface area contributed by atoms with Gasteiger partial charge in [0, 0.05) is 34.0 Å². The molecule has 0 fully saturated rings. The summed E-state index contributed by atoms with van der Waals surface area (Å²) in [5, 5.41) is 4.95. The second kappa shape index (κ2) is 8.80. The molecule has 0 saturated carbocycles. The fraction of sp³-hybridized carbons (Fsp3) is 0.111. The molecule has 1 amide bonds. The molecule has 0 bridgehead atoms. The lowest BCUT2D eigenvalue weighted by atomic mass is 9.99. The minimum absolute atomic E-state index is 0.105. The van der Waals surface area contributed by atoms with Crippen molar-refractivity contribution in [3.05, 3.63) is 105 Å². The van der Waals surface area contributed by atoms with Crippen LogP contribution in [0.1, 0.15) is 16.7 Å². The van der Waals surface area contributed by atoms with Crippen molar-refractivity contribution >= 4 is 39.4 Å². The molecule has 5 nitrogen and oxygen atoms in total. The minimum Gasteiger partial charge on any atom is -0.464 e. The summed E-state index contributed by atoms with van der Waals surface area (Å²) in [5.41, 5.74) is 3.82. The number of carbonyl (C=O) groups is 1. The predicted octanol–water partition coefficient (Wildman–Crippen LogP) is 6.17. The molecule has 5 rings (SSSR count). The predicted molar refractivity (Wildman–Crippen MR) is 129 cm³/mol. The summed E-state index contributed by atoms with van der Waals surface area (Å²) >= 11 is 5.89. The summed E-state index contributed by atoms with van der Waals surface area (Å²) in [5.74, 6) is -0.611. The maximum Gasteiger partial charge on any atom is 0.340 e. The fourth-order valence-corrected chi connectivity index (χ4v) is 4.12. The molecule has 1 N–H and O–H groups in total. The van der Waals surface area contributed by atoms with Crippen LogP contribution in [0.15, 0.2) is 80.6 Å². The average Bonchev–Trinajstić information content (AvgIpc) is 3.23. The lowest BCUT2D eigenvalue weighted by Gasteiger charge is -2.09. The highest BCUT2D eigenvalue weighted by Gasteiger charge is 2.18. The average molecular weight is 476 g/mol. The Balaban J connectivity index is 1.47. The topological polar surface area (TPSA) is 72.5 Å². The Morgan fingerprint density at radius 3 is 2.47 bits per heavy atom. The monoisotopic (exact) mass is 475 g/mol. The first-order valence-electron chi connectivity index (χ1n) is 10.6. The van der Waals surface area contributed by atoms with E-state index in [-0.39, 0.29) is 18.1 Å². The van der Waals surface area contributed by atoms with Crippen LogP contribution in [0.5, 0.6) is 0 Å². The van der Waals surface area contributed by atoms with Gasteiger partial charge in [-0.25, -0.2) is 9.18 Å². The SMILES string of the molecule is Cc1c(CC(=O)NCc2ccc(Cl)cc2)c(=O)oc2cc3occ(-c4ccc(F)cc4)c3cc12. The quantitative estimate of drug-likeness (QED) is 0.309. The molecule has 0 unspecified atom stereocenters. The van der Waals surface area contributed by atoms with Crippen molar-refractivity contribution in [1.82, 2.24) is 5.32 Å². The summed E-state index contributed by atoms with van der Waals surface area (Å²) in [6.45, 7) is 2.12. The van der Waals surface area contributed by atoms with Crippen LogP contribution in [0.4, 0.5) is 4.39 Å². The Morgan fingerprint density at radius 2 is 1.74 bits per heavy atom. The second-order valence-corrected chi connectivity index (χ2v) is 8.51. The number of hydrogen-bond donors (Lipinski definition) is 1. The van der Waals surface area contributed by atoms with E-state index in [1.165, 1.54) is 12.1 Å². The maximum absolute atomic E-state index is 13.4. The molecule has 0 aliphatic heterocycles. The first-order chi connectivity index (χ1) is 16.4. The van der Waals surface area contributed by atoms with Gasteiger partial charge >= 0.3 is 5.63 Å². The van der Waals surface area contributed by atoms with Crippen molar-refractivity contribution in [2.24, 2.45) is 0 Å². The molecule has 5 aromatic rings. The Kier molecular flexibility index (Phi) is 5.67. The van der Waals surface area contributed by atoms with E-state index in [4.69, 9.17) is 20.4 Å². The van der Waals surface area contributed by atoms with E-state index in [0.717, 1.165) is 22.1 Å². The molecule has 0 aliphatic rings. The number of amides is 1. The highest BCUT2D eigenvalue weighted by molar-refractivity contribution is 6.30. The van der Waals surface area contributed by atoms with Gasteiger partial charge in [0.25, 0.3) is 0 Å². The number of halogens is 2. The Hall–Kier alpha value is -3.90. The highest BCUT2D eigenvalue weighted by Crippen LogP contribution is 2.34. The summed E-state index contributed by atoms with van der Waals surface area (Å²) in [6, 6.07) is 16.8. The molecule has 0 radical (unpaired) electrons. The van der Waals surface area contributed by atoms with Gasteiger partial charge in [0.15, 0.2) is 0 Å². The van der Waals surface area contributed by atoms with Gasteiger partial charge < -0.3 is 14.2 Å². The summed E-state index contributed by atoms with van der Waals surface area (Å²) < 4.78 is 24.6. The minimum atomic E-state index is -0.559. The largest absolute Gasteiger partial charge is 0.464 e. The Morgan fingerprint density at radius 1 is 1.00 bits per heavy atom. The van der Waals surface area contributed by atoms with Crippen molar-refractivity contribution in [2.75, 3.05) is 0 Å². The lowest BCUT2D eigenvalue weighted by molar-refractivity contribution is -0.120. The van der Waals surface area contributed by atoms with Gasteiger partial charge in [0.2, 0.25) is 5.91 Å². The van der Waals surface area contributed by atoms with Crippen molar-refractivity contribution in [3.8, 4) is 11.1 Å². The molecule has 0 saturated heterocycles. The molecule has 2 heterocycles. The number of carbonyl (C=O) groups excluding carboxylic acids is 1. The van der Waals surface area contributed by atoms with E-state index in [9.17, 15) is 14.0 Å². The third-order valence-corrected chi connectivity index (χ3v) is 6.13. The van der Waals surface area contributed by atoms with Crippen LogP contribution in [0.3, 0.4) is 0 Å². The highest BCUT2D eigenvalue weighted by atomic mass is 35.5. The molecule has 2 aromatic heterocycles. The summed E-state index contributed by atoms with van der Waals surface area (Å²) in [7, 11) is 0. The zero-order valence-electron chi connectivity index (χ0n) is 18.2. The number of benzene rings is 3. The molecule has 7 heteroatoms. The van der Waals surface area contributed by atoms with Crippen molar-refractivity contribution in [3.63, 3.8) is 0 Å². The Bertz CT molecular complexity index is 1580. The first kappa shape index (κ1) is 21.9. The maximum atomic E-state index is 13.4. The van der Waals surface area contributed by atoms with Gasteiger partial charge in [-0.3, -0.25) is 4.79 Å². The molecular formula is C27H19ClFNO4.